The molecule has 8 heteroatoms. The normalized spacial score (nSPS) is 16.4. The number of hydrogen-bond acceptors (Lipinski definition) is 6. The molecule has 1 aromatic heterocycles. The number of ether oxygens (including phenoxy) is 2. The molecule has 1 atom stereocenters. The lowest BCUT2D eigenvalue weighted by atomic mass is 10.0. The summed E-state index contributed by atoms with van der Waals surface area (Å²) in [6.45, 7) is 8.92. The molecule has 0 spiro atoms. The fourth-order valence-electron chi connectivity index (χ4n) is 4.24. The minimum atomic E-state index is -0.517. The van der Waals surface area contributed by atoms with Gasteiger partial charge in [0.25, 0.3) is 0 Å². The number of amides is 1. The molecular formula is C26H31BrN4O3. The number of rotatable bonds is 4. The van der Waals surface area contributed by atoms with Crippen molar-refractivity contribution < 1.29 is 14.3 Å². The molecule has 2 aromatic carbocycles. The van der Waals surface area contributed by atoms with Crippen molar-refractivity contribution >= 4 is 38.6 Å². The number of hydrogen-bond donors (Lipinski definition) is 1. The van der Waals surface area contributed by atoms with E-state index in [4.69, 9.17) is 9.47 Å². The third kappa shape index (κ3) is 5.27. The fourth-order valence-corrected chi connectivity index (χ4v) is 4.79. The molecule has 1 amide bonds. The first-order valence-corrected chi connectivity index (χ1v) is 12.3. The predicted octanol–water partition coefficient (Wildman–Crippen LogP) is 6.19. The van der Waals surface area contributed by atoms with Gasteiger partial charge in [-0.2, -0.15) is 0 Å². The number of carbonyl (C=O) groups excluding carboxylic acids is 1. The number of nitrogens with one attached hydrogen (secondary N) is 1. The van der Waals surface area contributed by atoms with Gasteiger partial charge in [0.1, 0.15) is 17.0 Å². The summed E-state index contributed by atoms with van der Waals surface area (Å²) in [6, 6.07) is 12.1. The second kappa shape index (κ2) is 9.78. The third-order valence-electron chi connectivity index (χ3n) is 5.78. The van der Waals surface area contributed by atoms with Crippen LogP contribution in [0.2, 0.25) is 0 Å². The van der Waals surface area contributed by atoms with E-state index in [-0.39, 0.29) is 12.1 Å². The number of anilines is 1. The summed E-state index contributed by atoms with van der Waals surface area (Å²) in [5, 5.41) is 14.6. The Morgan fingerprint density at radius 2 is 2.00 bits per heavy atom. The minimum Gasteiger partial charge on any atom is -0.496 e. The zero-order valence-corrected chi connectivity index (χ0v) is 21.9. The van der Waals surface area contributed by atoms with Gasteiger partial charge in [-0.3, -0.25) is 0 Å². The predicted molar refractivity (Wildman–Crippen MR) is 138 cm³/mol. The highest BCUT2D eigenvalue weighted by Gasteiger charge is 2.28. The van der Waals surface area contributed by atoms with Crippen LogP contribution in [-0.4, -0.2) is 53.0 Å². The molecule has 0 saturated carbocycles. The van der Waals surface area contributed by atoms with Crippen LogP contribution in [0.5, 0.6) is 5.75 Å². The maximum Gasteiger partial charge on any atom is 0.410 e. The Kier molecular flexibility index (Phi) is 6.98. The van der Waals surface area contributed by atoms with Gasteiger partial charge in [0.05, 0.1) is 7.11 Å². The van der Waals surface area contributed by atoms with E-state index in [0.29, 0.717) is 18.9 Å². The van der Waals surface area contributed by atoms with Crippen LogP contribution < -0.4 is 10.1 Å². The maximum absolute atomic E-state index is 12.6. The van der Waals surface area contributed by atoms with Crippen LogP contribution in [-0.2, 0) is 4.74 Å². The van der Waals surface area contributed by atoms with Gasteiger partial charge < -0.3 is 19.7 Å². The summed E-state index contributed by atoms with van der Waals surface area (Å²) in [6.07, 6.45) is 1.54. The molecule has 0 radical (unpaired) electrons. The molecule has 0 aliphatic carbocycles. The minimum absolute atomic E-state index is 0.0469. The Labute approximate surface area is 209 Å². The molecule has 1 aliphatic rings. The average Bonchev–Trinajstić information content (AvgIpc) is 2.78. The summed E-state index contributed by atoms with van der Waals surface area (Å²) in [5.74, 6) is 1.45. The maximum atomic E-state index is 12.6. The van der Waals surface area contributed by atoms with Crippen LogP contribution in [0.1, 0.15) is 39.2 Å². The zero-order chi connectivity index (χ0) is 24.5. The number of nitrogens with zero attached hydrogens (tertiary/aromatic N) is 3. The van der Waals surface area contributed by atoms with E-state index in [2.05, 4.69) is 31.4 Å². The van der Waals surface area contributed by atoms with Crippen LogP contribution in [0.3, 0.4) is 0 Å². The van der Waals surface area contributed by atoms with Crippen molar-refractivity contribution in [2.24, 2.45) is 0 Å². The van der Waals surface area contributed by atoms with E-state index in [9.17, 15) is 4.79 Å². The third-order valence-corrected chi connectivity index (χ3v) is 6.44. The lowest BCUT2D eigenvalue weighted by Crippen LogP contribution is -2.47. The Morgan fingerprint density at radius 3 is 2.74 bits per heavy atom. The van der Waals surface area contributed by atoms with E-state index in [1.54, 1.807) is 12.0 Å². The second-order valence-electron chi connectivity index (χ2n) is 9.67. The first kappa shape index (κ1) is 24.3. The van der Waals surface area contributed by atoms with Gasteiger partial charge in [-0.1, -0.05) is 34.1 Å². The molecule has 1 unspecified atom stereocenters. The smallest absolute Gasteiger partial charge is 0.410 e. The molecule has 2 heterocycles. The second-order valence-corrected chi connectivity index (χ2v) is 10.5. The van der Waals surface area contributed by atoms with Crippen LogP contribution >= 0.6 is 15.9 Å². The van der Waals surface area contributed by atoms with Crippen LogP contribution in [0.15, 0.2) is 40.9 Å². The molecule has 1 saturated heterocycles. The number of halogens is 1. The van der Waals surface area contributed by atoms with Gasteiger partial charge in [0.15, 0.2) is 5.82 Å². The van der Waals surface area contributed by atoms with Crippen molar-refractivity contribution in [3.63, 3.8) is 0 Å². The summed E-state index contributed by atoms with van der Waals surface area (Å²) in [7, 11) is 1.67. The van der Waals surface area contributed by atoms with E-state index in [0.717, 1.165) is 50.7 Å². The lowest BCUT2D eigenvalue weighted by molar-refractivity contribution is 0.0206. The molecular weight excluding hydrogens is 496 g/mol. The van der Waals surface area contributed by atoms with Crippen LogP contribution in [0.4, 0.5) is 10.6 Å². The number of aromatic nitrogens is 2. The molecule has 7 nitrogen and oxygen atoms in total. The van der Waals surface area contributed by atoms with Gasteiger partial charge in [-0.15, -0.1) is 10.2 Å². The standard InChI is InChI=1S/C26H31BrN4O3/c1-16-11-12-18(21(14-16)33-5)23-19-9-6-10-20(27)22(19)24(30-29-23)28-17-8-7-13-31(15-17)25(32)34-26(2,3)4/h6,9-12,14,17H,7-8,13,15H2,1-5H3,(H,28,30). The molecule has 1 N–H and O–H groups in total. The number of methoxy groups -OCH3 is 1. The highest BCUT2D eigenvalue weighted by Crippen LogP contribution is 2.38. The van der Waals surface area contributed by atoms with Crippen molar-refractivity contribution in [1.29, 1.82) is 0 Å². The number of benzene rings is 2. The Bertz CT molecular complexity index is 1210. The lowest BCUT2D eigenvalue weighted by Gasteiger charge is -2.34. The monoisotopic (exact) mass is 526 g/mol. The fraction of sp³-hybridized carbons (Fsp3) is 0.423. The summed E-state index contributed by atoms with van der Waals surface area (Å²) in [5.41, 5.74) is 2.25. The molecule has 1 fully saturated rings. The summed E-state index contributed by atoms with van der Waals surface area (Å²) < 4.78 is 12.1. The Hall–Kier alpha value is -2.87. The molecule has 3 aromatic rings. The van der Waals surface area contributed by atoms with Gasteiger partial charge in [0.2, 0.25) is 0 Å². The molecule has 1 aliphatic heterocycles. The van der Waals surface area contributed by atoms with Crippen LogP contribution in [0.25, 0.3) is 22.0 Å². The average molecular weight is 527 g/mol. The van der Waals surface area contributed by atoms with Gasteiger partial charge >= 0.3 is 6.09 Å². The molecule has 180 valence electrons. The number of aryl methyl sites for hydroxylation is 1. The molecule has 0 bridgehead atoms. The Balaban J connectivity index is 1.66. The van der Waals surface area contributed by atoms with Gasteiger partial charge in [-0.05, 0) is 64.3 Å². The number of fused-ring (bicyclic) bond motifs is 1. The highest BCUT2D eigenvalue weighted by molar-refractivity contribution is 9.10. The number of likely N-dealkylation sites (tertiary alicyclic amines) is 1. The van der Waals surface area contributed by atoms with E-state index in [1.807, 2.05) is 64.1 Å². The zero-order valence-electron chi connectivity index (χ0n) is 20.3. The van der Waals surface area contributed by atoms with E-state index < -0.39 is 5.60 Å². The van der Waals surface area contributed by atoms with Crippen molar-refractivity contribution in [3.05, 3.63) is 46.4 Å². The highest BCUT2D eigenvalue weighted by atomic mass is 79.9. The van der Waals surface area contributed by atoms with Crippen molar-refractivity contribution in [2.75, 3.05) is 25.5 Å². The van der Waals surface area contributed by atoms with Gasteiger partial charge in [0, 0.05) is 39.9 Å². The summed E-state index contributed by atoms with van der Waals surface area (Å²) in [4.78, 5) is 14.4. The first-order chi connectivity index (χ1) is 16.2. The van der Waals surface area contributed by atoms with Crippen molar-refractivity contribution in [1.82, 2.24) is 15.1 Å². The molecule has 34 heavy (non-hydrogen) atoms. The first-order valence-electron chi connectivity index (χ1n) is 11.5. The largest absolute Gasteiger partial charge is 0.496 e. The quantitative estimate of drug-likeness (QED) is 0.436. The van der Waals surface area contributed by atoms with E-state index in [1.165, 1.54) is 0 Å². The molecule has 4 rings (SSSR count). The summed E-state index contributed by atoms with van der Waals surface area (Å²) >= 11 is 3.71. The Morgan fingerprint density at radius 1 is 1.21 bits per heavy atom. The van der Waals surface area contributed by atoms with E-state index >= 15 is 0 Å². The number of carbonyl (C=O) groups is 1. The van der Waals surface area contributed by atoms with Gasteiger partial charge in [-0.25, -0.2) is 4.79 Å². The SMILES string of the molecule is COc1cc(C)ccc1-c1nnc(NC2CCCN(C(=O)OC(C)(C)C)C2)c2c(Br)cccc12. The topological polar surface area (TPSA) is 76.6 Å². The van der Waals surface area contributed by atoms with Crippen molar-refractivity contribution in [3.8, 4) is 17.0 Å². The van der Waals surface area contributed by atoms with Crippen molar-refractivity contribution in [2.45, 2.75) is 52.2 Å². The number of piperidine rings is 1. The van der Waals surface area contributed by atoms with Crippen LogP contribution in [0, 0.1) is 6.92 Å².